The molecule has 6 heteroatoms. The second-order valence-electron chi connectivity index (χ2n) is 4.60. The normalized spacial score (nSPS) is 10.0. The summed E-state index contributed by atoms with van der Waals surface area (Å²) in [6.45, 7) is 6.16. The third-order valence-corrected chi connectivity index (χ3v) is 2.67. The zero-order valence-electron chi connectivity index (χ0n) is 12.4. The van der Waals surface area contributed by atoms with Gasteiger partial charge in [0.1, 0.15) is 17.5 Å². The van der Waals surface area contributed by atoms with Crippen LogP contribution in [0.3, 0.4) is 0 Å². The molecule has 0 bridgehead atoms. The first-order chi connectivity index (χ1) is 10.1. The fraction of sp³-hybridized carbons (Fsp3) is 0.267. The van der Waals surface area contributed by atoms with Crippen LogP contribution in [0, 0.1) is 6.92 Å². The summed E-state index contributed by atoms with van der Waals surface area (Å²) in [5, 5.41) is 9.12. The second kappa shape index (κ2) is 6.69. The van der Waals surface area contributed by atoms with Crippen LogP contribution in [-0.2, 0) is 4.79 Å². The Morgan fingerprint density at radius 3 is 2.33 bits per heavy atom. The van der Waals surface area contributed by atoms with Gasteiger partial charge in [-0.2, -0.15) is 0 Å². The second-order valence-corrected chi connectivity index (χ2v) is 4.60. The van der Waals surface area contributed by atoms with E-state index in [0.29, 0.717) is 5.82 Å². The molecule has 0 aliphatic heterocycles. The Morgan fingerprint density at radius 2 is 1.71 bits per heavy atom. The molecule has 1 heterocycles. The van der Waals surface area contributed by atoms with E-state index in [1.54, 1.807) is 0 Å². The first-order valence-corrected chi connectivity index (χ1v) is 6.81. The number of carbonyl (C=O) groups is 1. The van der Waals surface area contributed by atoms with Gasteiger partial charge in [-0.1, -0.05) is 0 Å². The Labute approximate surface area is 124 Å². The minimum absolute atomic E-state index is 0.0857. The number of benzene rings is 1. The highest BCUT2D eigenvalue weighted by atomic mass is 16.1. The number of rotatable bonds is 5. The van der Waals surface area contributed by atoms with Crippen LogP contribution in [0.5, 0.6) is 0 Å². The van der Waals surface area contributed by atoms with Crippen molar-refractivity contribution < 1.29 is 4.79 Å². The van der Waals surface area contributed by atoms with Gasteiger partial charge in [-0.3, -0.25) is 4.79 Å². The van der Waals surface area contributed by atoms with Gasteiger partial charge >= 0.3 is 0 Å². The van der Waals surface area contributed by atoms with E-state index in [1.165, 1.54) is 6.92 Å². The van der Waals surface area contributed by atoms with Crippen molar-refractivity contribution in [2.75, 3.05) is 22.5 Å². The number of aromatic nitrogens is 2. The van der Waals surface area contributed by atoms with Gasteiger partial charge in [0.25, 0.3) is 0 Å². The molecule has 0 radical (unpaired) electrons. The third kappa shape index (κ3) is 4.45. The minimum atomic E-state index is -0.0857. The van der Waals surface area contributed by atoms with E-state index < -0.39 is 0 Å². The van der Waals surface area contributed by atoms with Crippen LogP contribution in [0.2, 0.25) is 0 Å². The first-order valence-electron chi connectivity index (χ1n) is 6.81. The number of carbonyl (C=O) groups excluding carboxylic acids is 1. The van der Waals surface area contributed by atoms with Gasteiger partial charge in [0.05, 0.1) is 0 Å². The number of amides is 1. The Balaban J connectivity index is 2.12. The van der Waals surface area contributed by atoms with Crippen LogP contribution in [0.25, 0.3) is 0 Å². The summed E-state index contributed by atoms with van der Waals surface area (Å²) in [6.07, 6.45) is 0. The summed E-state index contributed by atoms with van der Waals surface area (Å²) >= 11 is 0. The van der Waals surface area contributed by atoms with Crippen molar-refractivity contribution in [2.45, 2.75) is 20.8 Å². The average Bonchev–Trinajstić information content (AvgIpc) is 2.40. The third-order valence-electron chi connectivity index (χ3n) is 2.67. The summed E-state index contributed by atoms with van der Waals surface area (Å²) in [5.74, 6) is 2.14. The molecule has 0 aliphatic rings. The maximum absolute atomic E-state index is 11.0. The SMILES string of the molecule is CCNc1cc(Nc2ccc(NC(C)=O)cc2)nc(C)n1. The smallest absolute Gasteiger partial charge is 0.221 e. The molecule has 0 aliphatic carbocycles. The van der Waals surface area contributed by atoms with Crippen molar-refractivity contribution in [2.24, 2.45) is 0 Å². The lowest BCUT2D eigenvalue weighted by Gasteiger charge is -2.10. The summed E-state index contributed by atoms with van der Waals surface area (Å²) in [5.41, 5.74) is 1.66. The summed E-state index contributed by atoms with van der Waals surface area (Å²) in [7, 11) is 0. The monoisotopic (exact) mass is 285 g/mol. The van der Waals surface area contributed by atoms with Crippen LogP contribution in [-0.4, -0.2) is 22.4 Å². The molecule has 1 aromatic heterocycles. The van der Waals surface area contributed by atoms with E-state index in [2.05, 4.69) is 25.9 Å². The topological polar surface area (TPSA) is 78.9 Å². The number of hydrogen-bond donors (Lipinski definition) is 3. The van der Waals surface area contributed by atoms with Crippen molar-refractivity contribution >= 4 is 28.9 Å². The van der Waals surface area contributed by atoms with E-state index in [0.717, 1.165) is 29.6 Å². The van der Waals surface area contributed by atoms with Crippen LogP contribution in [0.15, 0.2) is 30.3 Å². The van der Waals surface area contributed by atoms with Gasteiger partial charge in [0.2, 0.25) is 5.91 Å². The Morgan fingerprint density at radius 1 is 1.10 bits per heavy atom. The fourth-order valence-corrected chi connectivity index (χ4v) is 1.89. The molecular formula is C15H19N5O. The average molecular weight is 285 g/mol. The molecule has 21 heavy (non-hydrogen) atoms. The molecule has 1 aromatic carbocycles. The van der Waals surface area contributed by atoms with Crippen molar-refractivity contribution in [1.82, 2.24) is 9.97 Å². The van der Waals surface area contributed by atoms with Crippen LogP contribution >= 0.6 is 0 Å². The molecular weight excluding hydrogens is 266 g/mol. The molecule has 110 valence electrons. The number of hydrogen-bond acceptors (Lipinski definition) is 5. The molecule has 3 N–H and O–H groups in total. The van der Waals surface area contributed by atoms with E-state index in [9.17, 15) is 4.79 Å². The first kappa shape index (κ1) is 14.8. The van der Waals surface area contributed by atoms with E-state index >= 15 is 0 Å². The van der Waals surface area contributed by atoms with Crippen molar-refractivity contribution in [3.05, 3.63) is 36.2 Å². The molecule has 2 rings (SSSR count). The highest BCUT2D eigenvalue weighted by Crippen LogP contribution is 2.19. The van der Waals surface area contributed by atoms with Crippen molar-refractivity contribution in [3.63, 3.8) is 0 Å². The van der Waals surface area contributed by atoms with Crippen LogP contribution in [0.4, 0.5) is 23.0 Å². The van der Waals surface area contributed by atoms with Crippen LogP contribution in [0.1, 0.15) is 19.7 Å². The highest BCUT2D eigenvalue weighted by molar-refractivity contribution is 5.88. The quantitative estimate of drug-likeness (QED) is 0.787. The lowest BCUT2D eigenvalue weighted by molar-refractivity contribution is -0.114. The molecule has 1 amide bonds. The zero-order chi connectivity index (χ0) is 15.2. The molecule has 0 fully saturated rings. The van der Waals surface area contributed by atoms with Gasteiger partial charge in [-0.25, -0.2) is 9.97 Å². The van der Waals surface area contributed by atoms with E-state index in [4.69, 9.17) is 0 Å². The predicted molar refractivity (Wildman–Crippen MR) is 85.0 cm³/mol. The number of aryl methyl sites for hydroxylation is 1. The fourth-order valence-electron chi connectivity index (χ4n) is 1.89. The number of nitrogens with zero attached hydrogens (tertiary/aromatic N) is 2. The molecule has 0 saturated carbocycles. The summed E-state index contributed by atoms with van der Waals surface area (Å²) < 4.78 is 0. The largest absolute Gasteiger partial charge is 0.370 e. The predicted octanol–water partition coefficient (Wildman–Crippen LogP) is 2.92. The molecule has 6 nitrogen and oxygen atoms in total. The molecule has 0 saturated heterocycles. The van der Waals surface area contributed by atoms with Gasteiger partial charge in [-0.05, 0) is 38.1 Å². The lowest BCUT2D eigenvalue weighted by atomic mass is 10.2. The lowest BCUT2D eigenvalue weighted by Crippen LogP contribution is -2.06. The number of nitrogens with one attached hydrogen (secondary N) is 3. The van der Waals surface area contributed by atoms with Gasteiger partial charge in [0, 0.05) is 30.9 Å². The van der Waals surface area contributed by atoms with E-state index in [-0.39, 0.29) is 5.91 Å². The zero-order valence-corrected chi connectivity index (χ0v) is 12.4. The molecule has 0 spiro atoms. The Kier molecular flexibility index (Phi) is 4.71. The van der Waals surface area contributed by atoms with Crippen molar-refractivity contribution in [1.29, 1.82) is 0 Å². The Hall–Kier alpha value is -2.63. The maximum Gasteiger partial charge on any atom is 0.221 e. The van der Waals surface area contributed by atoms with E-state index in [1.807, 2.05) is 44.2 Å². The van der Waals surface area contributed by atoms with Gasteiger partial charge in [0.15, 0.2) is 0 Å². The molecule has 2 aromatic rings. The molecule has 0 unspecified atom stereocenters. The van der Waals surface area contributed by atoms with Crippen LogP contribution < -0.4 is 16.0 Å². The van der Waals surface area contributed by atoms with Gasteiger partial charge in [-0.15, -0.1) is 0 Å². The Bertz CT molecular complexity index is 624. The van der Waals surface area contributed by atoms with Crippen molar-refractivity contribution in [3.8, 4) is 0 Å². The molecule has 0 atom stereocenters. The minimum Gasteiger partial charge on any atom is -0.370 e. The maximum atomic E-state index is 11.0. The van der Waals surface area contributed by atoms with Gasteiger partial charge < -0.3 is 16.0 Å². The summed E-state index contributed by atoms with van der Waals surface area (Å²) in [6, 6.07) is 9.30. The highest BCUT2D eigenvalue weighted by Gasteiger charge is 2.02. The standard InChI is InChI=1S/C15H19N5O/c1-4-16-14-9-15(18-10(2)17-14)20-13-7-5-12(6-8-13)19-11(3)21/h5-9H,4H2,1-3H3,(H,19,21)(H2,16,17,18,20). The number of anilines is 4. The summed E-state index contributed by atoms with van der Waals surface area (Å²) in [4.78, 5) is 19.6.